The zero-order valence-electron chi connectivity index (χ0n) is 8.66. The monoisotopic (exact) mass is 320 g/mol. The lowest BCUT2D eigenvalue weighted by molar-refractivity contribution is 0.407. The summed E-state index contributed by atoms with van der Waals surface area (Å²) in [5.74, 6) is 1.01. The molecule has 0 unspecified atom stereocenters. The van der Waals surface area contributed by atoms with Gasteiger partial charge in [-0.2, -0.15) is 0 Å². The van der Waals surface area contributed by atoms with Crippen LogP contribution in [-0.2, 0) is 10.7 Å². The Morgan fingerprint density at radius 3 is 1.79 bits per heavy atom. The Labute approximate surface area is 102 Å². The van der Waals surface area contributed by atoms with Crippen LogP contribution in [-0.4, -0.2) is 7.11 Å². The molecule has 0 amide bonds. The van der Waals surface area contributed by atoms with Crippen LogP contribution in [0.3, 0.4) is 0 Å². The van der Waals surface area contributed by atoms with Crippen molar-refractivity contribution in [1.29, 1.82) is 0 Å². The van der Waals surface area contributed by atoms with Gasteiger partial charge in [-0.05, 0) is 25.0 Å². The molecule has 1 nitrogen and oxygen atoms in total. The molecule has 0 aliphatic rings. The fourth-order valence-electron chi connectivity index (χ4n) is 1.62. The SMILES string of the molecule is COc1c(CBr)c(C)cc(C)c1CBr. The predicted octanol–water partition coefficient (Wildman–Crippen LogP) is 4.10. The molecule has 14 heavy (non-hydrogen) atoms. The molecule has 0 radical (unpaired) electrons. The van der Waals surface area contributed by atoms with Crippen LogP contribution >= 0.6 is 31.9 Å². The lowest BCUT2D eigenvalue weighted by atomic mass is 10.0. The van der Waals surface area contributed by atoms with Gasteiger partial charge in [-0.25, -0.2) is 0 Å². The van der Waals surface area contributed by atoms with E-state index in [0.717, 1.165) is 16.4 Å². The number of halogens is 2. The molecule has 0 aromatic heterocycles. The molecule has 0 saturated heterocycles. The first kappa shape index (κ1) is 12.1. The highest BCUT2D eigenvalue weighted by molar-refractivity contribution is 9.08. The van der Waals surface area contributed by atoms with E-state index in [1.807, 2.05) is 0 Å². The molecular formula is C11H14Br2O. The summed E-state index contributed by atoms with van der Waals surface area (Å²) in [6.07, 6.45) is 0. The first-order valence-electron chi connectivity index (χ1n) is 4.43. The molecule has 1 aromatic carbocycles. The third-order valence-corrected chi connectivity index (χ3v) is 3.53. The van der Waals surface area contributed by atoms with E-state index in [0.29, 0.717) is 0 Å². The Morgan fingerprint density at radius 2 is 1.50 bits per heavy atom. The quantitative estimate of drug-likeness (QED) is 0.761. The van der Waals surface area contributed by atoms with Crippen molar-refractivity contribution >= 4 is 31.9 Å². The van der Waals surface area contributed by atoms with Gasteiger partial charge in [0, 0.05) is 21.8 Å². The van der Waals surface area contributed by atoms with Crippen LogP contribution in [0.25, 0.3) is 0 Å². The topological polar surface area (TPSA) is 9.23 Å². The maximum atomic E-state index is 5.46. The summed E-state index contributed by atoms with van der Waals surface area (Å²) in [7, 11) is 1.73. The molecule has 0 atom stereocenters. The fraction of sp³-hybridized carbons (Fsp3) is 0.455. The Hall–Kier alpha value is -0.0200. The third-order valence-electron chi connectivity index (χ3n) is 2.40. The van der Waals surface area contributed by atoms with Crippen molar-refractivity contribution in [3.63, 3.8) is 0 Å². The van der Waals surface area contributed by atoms with E-state index in [-0.39, 0.29) is 0 Å². The number of hydrogen-bond donors (Lipinski definition) is 0. The highest BCUT2D eigenvalue weighted by Crippen LogP contribution is 2.33. The summed E-state index contributed by atoms with van der Waals surface area (Å²) in [6.45, 7) is 4.23. The van der Waals surface area contributed by atoms with Gasteiger partial charge in [0.25, 0.3) is 0 Å². The maximum absolute atomic E-state index is 5.46. The van der Waals surface area contributed by atoms with Gasteiger partial charge in [-0.3, -0.25) is 0 Å². The number of alkyl halides is 2. The number of aryl methyl sites for hydroxylation is 2. The van der Waals surface area contributed by atoms with Gasteiger partial charge >= 0.3 is 0 Å². The van der Waals surface area contributed by atoms with E-state index in [1.165, 1.54) is 22.3 Å². The average Bonchev–Trinajstić information content (AvgIpc) is 2.16. The Bertz CT molecular complexity index is 306. The highest BCUT2D eigenvalue weighted by Gasteiger charge is 2.12. The summed E-state index contributed by atoms with van der Waals surface area (Å²) >= 11 is 6.99. The van der Waals surface area contributed by atoms with Crippen molar-refractivity contribution in [2.45, 2.75) is 24.5 Å². The molecule has 0 N–H and O–H groups in total. The molecule has 0 aliphatic heterocycles. The van der Waals surface area contributed by atoms with Crippen LogP contribution in [0.5, 0.6) is 5.75 Å². The normalized spacial score (nSPS) is 10.4. The van der Waals surface area contributed by atoms with Crippen LogP contribution in [0, 0.1) is 13.8 Å². The van der Waals surface area contributed by atoms with Crippen molar-refractivity contribution in [1.82, 2.24) is 0 Å². The van der Waals surface area contributed by atoms with E-state index in [4.69, 9.17) is 4.74 Å². The zero-order chi connectivity index (χ0) is 10.7. The predicted molar refractivity (Wildman–Crippen MR) is 67.7 cm³/mol. The van der Waals surface area contributed by atoms with Gasteiger partial charge in [0.1, 0.15) is 5.75 Å². The number of benzene rings is 1. The van der Waals surface area contributed by atoms with Crippen molar-refractivity contribution < 1.29 is 4.74 Å². The molecule has 0 aliphatic carbocycles. The summed E-state index contributed by atoms with van der Waals surface area (Å²) in [5.41, 5.74) is 5.04. The van der Waals surface area contributed by atoms with Gasteiger partial charge in [-0.1, -0.05) is 37.9 Å². The number of methoxy groups -OCH3 is 1. The van der Waals surface area contributed by atoms with Gasteiger partial charge in [-0.15, -0.1) is 0 Å². The number of hydrogen-bond acceptors (Lipinski definition) is 1. The van der Waals surface area contributed by atoms with Crippen LogP contribution < -0.4 is 4.74 Å². The van der Waals surface area contributed by atoms with E-state index in [2.05, 4.69) is 51.8 Å². The van der Waals surface area contributed by atoms with Gasteiger partial charge in [0.2, 0.25) is 0 Å². The largest absolute Gasteiger partial charge is 0.496 e. The molecule has 0 spiro atoms. The second-order valence-corrected chi connectivity index (χ2v) is 4.39. The van der Waals surface area contributed by atoms with Gasteiger partial charge in [0.15, 0.2) is 0 Å². The Kier molecular flexibility index (Phi) is 4.45. The third kappa shape index (κ3) is 2.14. The first-order valence-corrected chi connectivity index (χ1v) is 6.67. The van der Waals surface area contributed by atoms with Crippen molar-refractivity contribution in [3.8, 4) is 5.75 Å². The van der Waals surface area contributed by atoms with Gasteiger partial charge in [0.05, 0.1) is 7.11 Å². The average molecular weight is 322 g/mol. The van der Waals surface area contributed by atoms with E-state index >= 15 is 0 Å². The standard InChI is InChI=1S/C11H14Br2O/c1-7-4-8(2)10(6-13)11(14-3)9(7)5-12/h4H,5-6H2,1-3H3. The molecule has 0 saturated carbocycles. The van der Waals surface area contributed by atoms with Crippen LogP contribution in [0.2, 0.25) is 0 Å². The second-order valence-electron chi connectivity index (χ2n) is 3.27. The van der Waals surface area contributed by atoms with Crippen molar-refractivity contribution in [2.75, 3.05) is 7.11 Å². The summed E-state index contributed by atoms with van der Waals surface area (Å²) in [6, 6.07) is 2.20. The van der Waals surface area contributed by atoms with Crippen molar-refractivity contribution in [3.05, 3.63) is 28.3 Å². The molecule has 1 rings (SSSR count). The van der Waals surface area contributed by atoms with Crippen LogP contribution in [0.1, 0.15) is 22.3 Å². The molecule has 1 aromatic rings. The van der Waals surface area contributed by atoms with E-state index < -0.39 is 0 Å². The molecule has 3 heteroatoms. The highest BCUT2D eigenvalue weighted by atomic mass is 79.9. The first-order chi connectivity index (χ1) is 6.65. The van der Waals surface area contributed by atoms with Gasteiger partial charge < -0.3 is 4.74 Å². The summed E-state index contributed by atoms with van der Waals surface area (Å²) < 4.78 is 5.46. The molecular weight excluding hydrogens is 308 g/mol. The lowest BCUT2D eigenvalue weighted by Gasteiger charge is -2.15. The number of rotatable bonds is 3. The lowest BCUT2D eigenvalue weighted by Crippen LogP contribution is -1.99. The van der Waals surface area contributed by atoms with E-state index in [9.17, 15) is 0 Å². The van der Waals surface area contributed by atoms with Crippen LogP contribution in [0.4, 0.5) is 0 Å². The van der Waals surface area contributed by atoms with E-state index in [1.54, 1.807) is 7.11 Å². The Morgan fingerprint density at radius 1 is 1.07 bits per heavy atom. The minimum absolute atomic E-state index is 0.836. The maximum Gasteiger partial charge on any atom is 0.127 e. The minimum atomic E-state index is 0.836. The Balaban J connectivity index is 3.43. The smallest absolute Gasteiger partial charge is 0.127 e. The molecule has 0 bridgehead atoms. The molecule has 0 heterocycles. The second kappa shape index (κ2) is 5.17. The zero-order valence-corrected chi connectivity index (χ0v) is 11.8. The minimum Gasteiger partial charge on any atom is -0.496 e. The molecule has 78 valence electrons. The van der Waals surface area contributed by atoms with Crippen LogP contribution in [0.15, 0.2) is 6.07 Å². The molecule has 0 fully saturated rings. The van der Waals surface area contributed by atoms with Crippen molar-refractivity contribution in [2.24, 2.45) is 0 Å². The number of ether oxygens (including phenoxy) is 1. The summed E-state index contributed by atoms with van der Waals surface area (Å²) in [4.78, 5) is 0. The summed E-state index contributed by atoms with van der Waals surface area (Å²) in [5, 5.41) is 1.67. The fourth-order valence-corrected chi connectivity index (χ4v) is 3.01.